The lowest BCUT2D eigenvalue weighted by molar-refractivity contribution is -0.126. The van der Waals surface area contributed by atoms with Gasteiger partial charge in [0.2, 0.25) is 11.8 Å². The van der Waals surface area contributed by atoms with E-state index >= 15 is 0 Å². The zero-order valence-electron chi connectivity index (χ0n) is 21.6. The number of anilines is 1. The molecule has 0 aromatic heterocycles. The first-order chi connectivity index (χ1) is 17.6. The van der Waals surface area contributed by atoms with Crippen molar-refractivity contribution in [3.63, 3.8) is 0 Å². The molecule has 36 heavy (non-hydrogen) atoms. The zero-order valence-corrected chi connectivity index (χ0v) is 21.6. The summed E-state index contributed by atoms with van der Waals surface area (Å²) >= 11 is 0. The molecule has 2 aromatic carbocycles. The van der Waals surface area contributed by atoms with Crippen LogP contribution in [0, 0.1) is 0 Å². The summed E-state index contributed by atoms with van der Waals surface area (Å²) in [5, 5.41) is 3.27. The Morgan fingerprint density at radius 3 is 2.28 bits per heavy atom. The van der Waals surface area contributed by atoms with Crippen LogP contribution in [0.25, 0.3) is 0 Å². The third-order valence-electron chi connectivity index (χ3n) is 8.69. The van der Waals surface area contributed by atoms with E-state index in [0.29, 0.717) is 0 Å². The third kappa shape index (κ3) is 5.83. The second kappa shape index (κ2) is 11.6. The number of carbonyl (C=O) groups is 2. The number of likely N-dealkylation sites (tertiary alicyclic amines) is 1. The van der Waals surface area contributed by atoms with E-state index in [1.807, 2.05) is 23.1 Å². The van der Waals surface area contributed by atoms with Crippen LogP contribution in [-0.4, -0.2) is 47.9 Å². The average molecular weight is 488 g/mol. The van der Waals surface area contributed by atoms with Crippen LogP contribution in [0.3, 0.4) is 0 Å². The molecular formula is C31H41N3O2. The van der Waals surface area contributed by atoms with Crippen molar-refractivity contribution in [1.82, 2.24) is 10.2 Å². The van der Waals surface area contributed by atoms with Crippen LogP contribution in [0.4, 0.5) is 5.69 Å². The molecule has 0 spiro atoms. The maximum Gasteiger partial charge on any atom is 0.227 e. The predicted octanol–water partition coefficient (Wildman–Crippen LogP) is 5.27. The van der Waals surface area contributed by atoms with Crippen LogP contribution in [0.5, 0.6) is 0 Å². The molecule has 2 aromatic rings. The van der Waals surface area contributed by atoms with Crippen LogP contribution in [0.15, 0.2) is 54.6 Å². The van der Waals surface area contributed by atoms with Gasteiger partial charge in [-0.1, -0.05) is 61.4 Å². The summed E-state index contributed by atoms with van der Waals surface area (Å²) < 4.78 is 0. The molecule has 1 saturated heterocycles. The topological polar surface area (TPSA) is 52.7 Å². The second-order valence-corrected chi connectivity index (χ2v) is 11.1. The minimum absolute atomic E-state index is 0.0196. The first kappa shape index (κ1) is 25.0. The summed E-state index contributed by atoms with van der Waals surface area (Å²) in [6.07, 6.45) is 12.1. The van der Waals surface area contributed by atoms with E-state index in [4.69, 9.17) is 0 Å². The minimum atomic E-state index is 0.0196. The molecule has 0 bridgehead atoms. The molecule has 0 unspecified atom stereocenters. The van der Waals surface area contributed by atoms with Crippen molar-refractivity contribution in [3.8, 4) is 0 Å². The Hall–Kier alpha value is -2.66. The molecule has 1 N–H and O–H groups in total. The molecule has 1 saturated carbocycles. The molecule has 3 aliphatic rings. The molecular weight excluding hydrogens is 446 g/mol. The van der Waals surface area contributed by atoms with Crippen molar-refractivity contribution in [2.75, 3.05) is 24.5 Å². The Morgan fingerprint density at radius 2 is 1.53 bits per heavy atom. The van der Waals surface area contributed by atoms with Gasteiger partial charge in [-0.2, -0.15) is 0 Å². The van der Waals surface area contributed by atoms with E-state index in [9.17, 15) is 9.59 Å². The highest BCUT2D eigenvalue weighted by molar-refractivity contribution is 5.97. The Morgan fingerprint density at radius 1 is 0.833 bits per heavy atom. The van der Waals surface area contributed by atoms with Gasteiger partial charge in [0.05, 0.1) is 0 Å². The number of nitrogens with one attached hydrogen (secondary N) is 1. The van der Waals surface area contributed by atoms with E-state index in [1.54, 1.807) is 0 Å². The maximum atomic E-state index is 12.8. The van der Waals surface area contributed by atoms with E-state index in [2.05, 4.69) is 46.6 Å². The molecule has 0 atom stereocenters. The summed E-state index contributed by atoms with van der Waals surface area (Å²) in [6.45, 7) is 3.12. The highest BCUT2D eigenvalue weighted by atomic mass is 16.2. The lowest BCUT2D eigenvalue weighted by Crippen LogP contribution is -2.55. The molecule has 2 amide bonds. The Bertz CT molecular complexity index is 1020. The number of para-hydroxylation sites is 1. The normalized spacial score (nSPS) is 24.7. The van der Waals surface area contributed by atoms with Crippen molar-refractivity contribution in [2.24, 2.45) is 0 Å². The van der Waals surface area contributed by atoms with Crippen molar-refractivity contribution in [1.29, 1.82) is 0 Å². The first-order valence-corrected chi connectivity index (χ1v) is 14.1. The molecule has 2 aliphatic heterocycles. The number of benzene rings is 2. The van der Waals surface area contributed by atoms with Gasteiger partial charge < -0.3 is 10.2 Å². The van der Waals surface area contributed by atoms with E-state index in [-0.39, 0.29) is 36.2 Å². The van der Waals surface area contributed by atoms with Crippen molar-refractivity contribution >= 4 is 17.5 Å². The van der Waals surface area contributed by atoms with Crippen molar-refractivity contribution < 1.29 is 9.59 Å². The number of carbonyl (C=O) groups excluding carboxylic acids is 2. The molecule has 5 nitrogen and oxygen atoms in total. The summed E-state index contributed by atoms with van der Waals surface area (Å²) in [5.74, 6) is 0.0768. The molecule has 192 valence electrons. The number of hydrogen-bond acceptors (Lipinski definition) is 3. The van der Waals surface area contributed by atoms with Crippen LogP contribution < -0.4 is 10.2 Å². The van der Waals surface area contributed by atoms with Crippen LogP contribution in [0.1, 0.15) is 75.3 Å². The van der Waals surface area contributed by atoms with Gasteiger partial charge in [-0.3, -0.25) is 14.5 Å². The van der Waals surface area contributed by atoms with E-state index in [0.717, 1.165) is 50.8 Å². The van der Waals surface area contributed by atoms with Gasteiger partial charge in [0.25, 0.3) is 0 Å². The number of hydrogen-bond donors (Lipinski definition) is 1. The summed E-state index contributed by atoms with van der Waals surface area (Å²) in [7, 11) is 0. The summed E-state index contributed by atoms with van der Waals surface area (Å²) in [5.41, 5.74) is 3.86. The molecule has 0 radical (unpaired) electrons. The van der Waals surface area contributed by atoms with Gasteiger partial charge in [0, 0.05) is 36.7 Å². The summed E-state index contributed by atoms with van der Waals surface area (Å²) in [4.78, 5) is 30.2. The number of rotatable bonds is 7. The van der Waals surface area contributed by atoms with Gasteiger partial charge in [0.1, 0.15) is 0 Å². The predicted molar refractivity (Wildman–Crippen MR) is 145 cm³/mol. The van der Waals surface area contributed by atoms with Crippen LogP contribution >= 0.6 is 0 Å². The maximum absolute atomic E-state index is 12.8. The summed E-state index contributed by atoms with van der Waals surface area (Å²) in [6, 6.07) is 19.2. The van der Waals surface area contributed by atoms with Gasteiger partial charge in [-0.05, 0) is 81.6 Å². The third-order valence-corrected chi connectivity index (χ3v) is 8.69. The Kier molecular flexibility index (Phi) is 8.05. The van der Waals surface area contributed by atoms with E-state index in [1.165, 1.54) is 49.9 Å². The molecule has 5 rings (SSSR count). The van der Waals surface area contributed by atoms with Gasteiger partial charge in [-0.25, -0.2) is 0 Å². The number of fused-ring (bicyclic) bond motifs is 1. The van der Waals surface area contributed by atoms with Crippen molar-refractivity contribution in [2.45, 2.75) is 88.6 Å². The number of nitrogens with zero attached hydrogens (tertiary/aromatic N) is 2. The first-order valence-electron chi connectivity index (χ1n) is 14.1. The van der Waals surface area contributed by atoms with Crippen molar-refractivity contribution in [3.05, 3.63) is 65.7 Å². The van der Waals surface area contributed by atoms with Gasteiger partial charge in [-0.15, -0.1) is 0 Å². The smallest absolute Gasteiger partial charge is 0.227 e. The largest absolute Gasteiger partial charge is 0.353 e. The Labute approximate surface area is 216 Å². The van der Waals surface area contributed by atoms with E-state index < -0.39 is 0 Å². The lowest BCUT2D eigenvalue weighted by atomic mass is 9.74. The molecule has 5 heteroatoms. The Balaban J connectivity index is 1.14. The minimum Gasteiger partial charge on any atom is -0.353 e. The molecule has 1 aliphatic carbocycles. The van der Waals surface area contributed by atoms with Gasteiger partial charge >= 0.3 is 0 Å². The fraction of sp³-hybridized carbons (Fsp3) is 0.548. The zero-order chi connectivity index (χ0) is 24.8. The highest BCUT2D eigenvalue weighted by Crippen LogP contribution is 2.38. The second-order valence-electron chi connectivity index (χ2n) is 11.1. The number of amides is 2. The lowest BCUT2D eigenvalue weighted by Gasteiger charge is -2.48. The monoisotopic (exact) mass is 487 g/mol. The SMILES string of the molecule is O=C(CCC(=O)N1CCc2ccccc21)NC1CCC(Cc2ccccc2)(N2CCCCCC2)CC1. The molecule has 2 fully saturated rings. The van der Waals surface area contributed by atoms with Gasteiger partial charge in [0.15, 0.2) is 0 Å². The fourth-order valence-corrected chi connectivity index (χ4v) is 6.68. The van der Waals surface area contributed by atoms with Crippen LogP contribution in [-0.2, 0) is 22.4 Å². The quantitative estimate of drug-likeness (QED) is 0.579. The fourth-order valence-electron chi connectivity index (χ4n) is 6.68. The molecule has 2 heterocycles. The highest BCUT2D eigenvalue weighted by Gasteiger charge is 2.40. The van der Waals surface area contributed by atoms with Crippen LogP contribution in [0.2, 0.25) is 0 Å². The standard InChI is InChI=1S/C31H41N3O2/c35-29(14-15-30(36)34-23-18-26-12-6-7-13-28(26)34)32-27-16-19-31(20-17-27,24-25-10-4-3-5-11-25)33-21-8-1-2-9-22-33/h3-7,10-13,27H,1-2,8-9,14-24H2,(H,32,35). The average Bonchev–Trinajstić information content (AvgIpc) is 3.14.